The molecule has 1 N–H and O–H groups in total. The first-order valence-electron chi connectivity index (χ1n) is 5.85. The summed E-state index contributed by atoms with van der Waals surface area (Å²) in [6.45, 7) is 2.11. The van der Waals surface area contributed by atoms with Crippen LogP contribution in [-0.2, 0) is 6.42 Å². The van der Waals surface area contributed by atoms with Crippen LogP contribution in [0.4, 0.5) is 5.69 Å². The zero-order valence-corrected chi connectivity index (χ0v) is 10.8. The highest BCUT2D eigenvalue weighted by Gasteiger charge is 2.16. The first kappa shape index (κ1) is 11.8. The topological polar surface area (TPSA) is 23.5 Å². The Morgan fingerprint density at radius 1 is 1.50 bits per heavy atom. The highest BCUT2D eigenvalue weighted by molar-refractivity contribution is 7.99. The summed E-state index contributed by atoms with van der Waals surface area (Å²) in [7, 11) is 2.12. The van der Waals surface area contributed by atoms with Gasteiger partial charge in [-0.1, -0.05) is 19.4 Å². The van der Waals surface area contributed by atoms with Gasteiger partial charge in [-0.05, 0) is 30.5 Å². The minimum Gasteiger partial charge on any atom is -0.393 e. The van der Waals surface area contributed by atoms with Crippen molar-refractivity contribution in [1.82, 2.24) is 0 Å². The van der Waals surface area contributed by atoms with Crippen molar-refractivity contribution < 1.29 is 5.11 Å². The maximum Gasteiger partial charge on any atom is 0.0683 e. The molecule has 16 heavy (non-hydrogen) atoms. The SMILES string of the molecule is CCCC(O)Cc1ccc2c(c1)SCN2C. The second kappa shape index (κ2) is 5.11. The van der Waals surface area contributed by atoms with Crippen LogP contribution in [0.5, 0.6) is 0 Å². The summed E-state index contributed by atoms with van der Waals surface area (Å²) in [5, 5.41) is 9.79. The van der Waals surface area contributed by atoms with E-state index in [-0.39, 0.29) is 6.10 Å². The fourth-order valence-corrected chi connectivity index (χ4v) is 3.14. The minimum absolute atomic E-state index is 0.188. The van der Waals surface area contributed by atoms with Gasteiger partial charge in [-0.2, -0.15) is 0 Å². The minimum atomic E-state index is -0.188. The average Bonchev–Trinajstić information content (AvgIpc) is 2.60. The smallest absolute Gasteiger partial charge is 0.0683 e. The van der Waals surface area contributed by atoms with Crippen molar-refractivity contribution in [3.63, 3.8) is 0 Å². The first-order chi connectivity index (χ1) is 7.70. The van der Waals surface area contributed by atoms with E-state index < -0.39 is 0 Å². The molecule has 88 valence electrons. The Balaban J connectivity index is 2.07. The van der Waals surface area contributed by atoms with Crippen molar-refractivity contribution in [3.8, 4) is 0 Å². The van der Waals surface area contributed by atoms with E-state index in [1.165, 1.54) is 16.1 Å². The molecule has 0 aliphatic carbocycles. The van der Waals surface area contributed by atoms with Gasteiger partial charge in [0.1, 0.15) is 0 Å². The van der Waals surface area contributed by atoms with E-state index in [0.29, 0.717) is 0 Å². The van der Waals surface area contributed by atoms with Crippen LogP contribution in [0, 0.1) is 0 Å². The third kappa shape index (κ3) is 2.53. The van der Waals surface area contributed by atoms with E-state index in [2.05, 4.69) is 37.1 Å². The standard InChI is InChI=1S/C13H19NOS/c1-3-4-11(15)7-10-5-6-12-13(8-10)16-9-14(12)2/h5-6,8,11,15H,3-4,7,9H2,1-2H3. The van der Waals surface area contributed by atoms with Crippen LogP contribution in [0.15, 0.2) is 23.1 Å². The fourth-order valence-electron chi connectivity index (χ4n) is 2.06. The van der Waals surface area contributed by atoms with Gasteiger partial charge in [0.2, 0.25) is 0 Å². The van der Waals surface area contributed by atoms with E-state index in [9.17, 15) is 5.11 Å². The Hall–Kier alpha value is -0.670. The van der Waals surface area contributed by atoms with Crippen LogP contribution in [0.25, 0.3) is 0 Å². The molecule has 1 aliphatic heterocycles. The lowest BCUT2D eigenvalue weighted by Crippen LogP contribution is -2.11. The average molecular weight is 237 g/mol. The number of rotatable bonds is 4. The lowest BCUT2D eigenvalue weighted by atomic mass is 10.0. The molecule has 3 heteroatoms. The maximum atomic E-state index is 9.79. The van der Waals surface area contributed by atoms with Crippen LogP contribution in [0.1, 0.15) is 25.3 Å². The van der Waals surface area contributed by atoms with E-state index in [0.717, 1.165) is 25.1 Å². The van der Waals surface area contributed by atoms with E-state index >= 15 is 0 Å². The molecule has 1 atom stereocenters. The molecule has 0 bridgehead atoms. The molecule has 1 aliphatic rings. The first-order valence-corrected chi connectivity index (χ1v) is 6.84. The summed E-state index contributed by atoms with van der Waals surface area (Å²) in [5.74, 6) is 1.04. The van der Waals surface area contributed by atoms with Crippen molar-refractivity contribution >= 4 is 17.4 Å². The lowest BCUT2D eigenvalue weighted by Gasteiger charge is -2.12. The highest BCUT2D eigenvalue weighted by Crippen LogP contribution is 2.37. The Morgan fingerprint density at radius 3 is 3.06 bits per heavy atom. The van der Waals surface area contributed by atoms with Gasteiger partial charge in [-0.3, -0.25) is 0 Å². The van der Waals surface area contributed by atoms with Crippen LogP contribution >= 0.6 is 11.8 Å². The normalized spacial score (nSPS) is 16.3. The molecule has 0 radical (unpaired) electrons. The van der Waals surface area contributed by atoms with Crippen molar-refractivity contribution in [1.29, 1.82) is 0 Å². The lowest BCUT2D eigenvalue weighted by molar-refractivity contribution is 0.164. The summed E-state index contributed by atoms with van der Waals surface area (Å²) in [6, 6.07) is 6.53. The summed E-state index contributed by atoms with van der Waals surface area (Å²) < 4.78 is 0. The van der Waals surface area contributed by atoms with Gasteiger partial charge in [0.15, 0.2) is 0 Å². The Bertz CT molecular complexity index is 367. The molecule has 2 nitrogen and oxygen atoms in total. The number of anilines is 1. The van der Waals surface area contributed by atoms with Crippen LogP contribution in [-0.4, -0.2) is 24.1 Å². The van der Waals surface area contributed by atoms with Gasteiger partial charge >= 0.3 is 0 Å². The molecule has 0 amide bonds. The predicted molar refractivity (Wildman–Crippen MR) is 70.2 cm³/mol. The zero-order valence-electron chi connectivity index (χ0n) is 9.94. The predicted octanol–water partition coefficient (Wildman–Crippen LogP) is 2.89. The van der Waals surface area contributed by atoms with Crippen molar-refractivity contribution in [2.75, 3.05) is 17.8 Å². The summed E-state index contributed by atoms with van der Waals surface area (Å²) in [5.41, 5.74) is 2.57. The number of aliphatic hydroxyl groups excluding tert-OH is 1. The van der Waals surface area contributed by atoms with Gasteiger partial charge in [-0.25, -0.2) is 0 Å². The summed E-state index contributed by atoms with van der Waals surface area (Å²) in [4.78, 5) is 3.61. The Morgan fingerprint density at radius 2 is 2.31 bits per heavy atom. The van der Waals surface area contributed by atoms with Gasteiger partial charge in [0, 0.05) is 11.9 Å². The molecule has 0 aromatic heterocycles. The number of thioether (sulfide) groups is 1. The van der Waals surface area contributed by atoms with Crippen molar-refractivity contribution in [3.05, 3.63) is 23.8 Å². The van der Waals surface area contributed by atoms with Gasteiger partial charge < -0.3 is 10.0 Å². The third-order valence-electron chi connectivity index (χ3n) is 2.94. The summed E-state index contributed by atoms with van der Waals surface area (Å²) >= 11 is 1.87. The van der Waals surface area contributed by atoms with Crippen LogP contribution in [0.3, 0.4) is 0 Å². The quantitative estimate of drug-likeness (QED) is 0.871. The molecule has 1 aromatic carbocycles. The molecule has 0 fully saturated rings. The van der Waals surface area contributed by atoms with Gasteiger partial charge in [-0.15, -0.1) is 11.8 Å². The highest BCUT2D eigenvalue weighted by atomic mass is 32.2. The molecule has 1 aromatic rings. The van der Waals surface area contributed by atoms with E-state index in [1.54, 1.807) is 0 Å². The second-order valence-corrected chi connectivity index (χ2v) is 5.41. The van der Waals surface area contributed by atoms with Gasteiger partial charge in [0.05, 0.1) is 17.7 Å². The summed E-state index contributed by atoms with van der Waals surface area (Å²) in [6.07, 6.45) is 2.53. The molecule has 1 heterocycles. The number of nitrogens with zero attached hydrogens (tertiary/aromatic N) is 1. The molecule has 0 saturated heterocycles. The van der Waals surface area contributed by atoms with E-state index in [1.807, 2.05) is 11.8 Å². The maximum absolute atomic E-state index is 9.79. The number of fused-ring (bicyclic) bond motifs is 1. The number of hydrogen-bond acceptors (Lipinski definition) is 3. The van der Waals surface area contributed by atoms with Crippen molar-refractivity contribution in [2.45, 2.75) is 37.2 Å². The molecular formula is C13H19NOS. The van der Waals surface area contributed by atoms with Crippen LogP contribution in [0.2, 0.25) is 0 Å². The Labute approximate surface area is 102 Å². The number of benzene rings is 1. The molecule has 0 spiro atoms. The van der Waals surface area contributed by atoms with Gasteiger partial charge in [0.25, 0.3) is 0 Å². The van der Waals surface area contributed by atoms with Crippen molar-refractivity contribution in [2.24, 2.45) is 0 Å². The fraction of sp³-hybridized carbons (Fsp3) is 0.538. The van der Waals surface area contributed by atoms with Crippen LogP contribution < -0.4 is 4.90 Å². The molecule has 0 saturated carbocycles. The van der Waals surface area contributed by atoms with E-state index in [4.69, 9.17) is 0 Å². The zero-order chi connectivity index (χ0) is 11.5. The molecular weight excluding hydrogens is 218 g/mol. The number of hydrogen-bond donors (Lipinski definition) is 1. The second-order valence-electron chi connectivity index (χ2n) is 4.42. The largest absolute Gasteiger partial charge is 0.393 e. The Kier molecular flexibility index (Phi) is 3.77. The third-order valence-corrected chi connectivity index (χ3v) is 4.10. The molecule has 1 unspecified atom stereocenters. The monoisotopic (exact) mass is 237 g/mol. The number of aliphatic hydroxyl groups is 1. The molecule has 2 rings (SSSR count).